The minimum Gasteiger partial charge on any atom is -0.480 e. The fraction of sp³-hybridized carbons (Fsp3) is 0.750. The molecule has 0 aromatic heterocycles. The maximum atomic E-state index is 11.7. The first-order valence-corrected chi connectivity index (χ1v) is 8.83. The summed E-state index contributed by atoms with van der Waals surface area (Å²) in [5, 5.41) is 30.0. The summed E-state index contributed by atoms with van der Waals surface area (Å²) in [5.41, 5.74) is -1.03. The largest absolute Gasteiger partial charge is 0.480 e. The molecule has 1 fully saturated rings. The Labute approximate surface area is 161 Å². The third-order valence-electron chi connectivity index (χ3n) is 4.63. The van der Waals surface area contributed by atoms with Crippen molar-refractivity contribution in [2.24, 2.45) is 5.18 Å². The van der Waals surface area contributed by atoms with Crippen molar-refractivity contribution < 1.29 is 34.5 Å². The summed E-state index contributed by atoms with van der Waals surface area (Å²) in [6, 6.07) is 0. The maximum absolute atomic E-state index is 11.7. The van der Waals surface area contributed by atoms with Crippen molar-refractivity contribution in [3.05, 3.63) is 4.91 Å². The van der Waals surface area contributed by atoms with Gasteiger partial charge in [0.15, 0.2) is 0 Å². The van der Waals surface area contributed by atoms with Crippen molar-refractivity contribution in [1.29, 1.82) is 0 Å². The molecule has 0 radical (unpaired) electrons. The summed E-state index contributed by atoms with van der Waals surface area (Å²) in [5.74, 6) is -4.43. The van der Waals surface area contributed by atoms with Crippen LogP contribution in [0.3, 0.4) is 0 Å². The van der Waals surface area contributed by atoms with Crippen LogP contribution in [0.1, 0.15) is 19.8 Å². The Hall–Kier alpha value is -2.44. The Balaban J connectivity index is 3.35. The molecule has 0 aliphatic carbocycles. The minimum absolute atomic E-state index is 0.114. The van der Waals surface area contributed by atoms with E-state index in [1.54, 1.807) is 9.80 Å². The fourth-order valence-electron chi connectivity index (χ4n) is 3.70. The summed E-state index contributed by atoms with van der Waals surface area (Å²) in [6.07, 6.45) is 0.944. The molecular weight excluding hydrogens is 376 g/mol. The highest BCUT2D eigenvalue weighted by molar-refractivity contribution is 5.79. The van der Waals surface area contributed by atoms with E-state index < -0.39 is 42.4 Å². The first-order chi connectivity index (χ1) is 13.1. The van der Waals surface area contributed by atoms with Gasteiger partial charge < -0.3 is 15.3 Å². The maximum Gasteiger partial charge on any atom is 0.317 e. The van der Waals surface area contributed by atoms with Gasteiger partial charge in [0.2, 0.25) is 0 Å². The van der Waals surface area contributed by atoms with Crippen molar-refractivity contribution in [1.82, 2.24) is 14.7 Å². The van der Waals surface area contributed by atoms with Crippen molar-refractivity contribution >= 4 is 23.8 Å². The van der Waals surface area contributed by atoms with Crippen molar-refractivity contribution in [2.75, 3.05) is 52.4 Å². The summed E-state index contributed by atoms with van der Waals surface area (Å²) in [7, 11) is 0. The predicted octanol–water partition coefficient (Wildman–Crippen LogP) is -1.01. The number of amides is 1. The van der Waals surface area contributed by atoms with Crippen LogP contribution in [-0.4, -0.2) is 112 Å². The van der Waals surface area contributed by atoms with E-state index in [0.717, 1.165) is 0 Å². The molecule has 1 saturated heterocycles. The van der Waals surface area contributed by atoms with E-state index in [-0.39, 0.29) is 39.3 Å². The number of hydrogen-bond acceptors (Lipinski definition) is 8. The standard InChI is InChI=1S/C16H26N4O8/c1-2-3-16(20(9-15(26)27)6-12(21)17-28)10-18(7-13(22)23)4-5-19(11-16)8-14(24)25/h2-11H2,1H3,(H,22,23)(H,24,25)(H,26,27). The number of carboxylic acids is 3. The Morgan fingerprint density at radius 1 is 0.929 bits per heavy atom. The number of carbonyl (C=O) groups excluding carboxylic acids is 1. The van der Waals surface area contributed by atoms with Crippen molar-refractivity contribution in [3.8, 4) is 0 Å². The molecule has 0 unspecified atom stereocenters. The van der Waals surface area contributed by atoms with E-state index in [2.05, 4.69) is 5.18 Å². The predicted molar refractivity (Wildman–Crippen MR) is 95.8 cm³/mol. The van der Waals surface area contributed by atoms with E-state index in [4.69, 9.17) is 10.2 Å². The van der Waals surface area contributed by atoms with Gasteiger partial charge in [0.1, 0.15) is 0 Å². The molecule has 0 spiro atoms. The number of hydrogen-bond donors (Lipinski definition) is 3. The van der Waals surface area contributed by atoms with Gasteiger partial charge in [-0.1, -0.05) is 13.3 Å². The van der Waals surface area contributed by atoms with E-state index in [0.29, 0.717) is 12.8 Å². The summed E-state index contributed by atoms with van der Waals surface area (Å²) in [6.45, 7) is 0.874. The number of carboxylic acid groups (broad SMARTS) is 3. The Morgan fingerprint density at radius 3 is 1.79 bits per heavy atom. The van der Waals surface area contributed by atoms with Crippen LogP contribution in [0, 0.1) is 4.91 Å². The van der Waals surface area contributed by atoms with Gasteiger partial charge in [0.25, 0.3) is 5.91 Å². The molecular formula is C16H26N4O8. The highest BCUT2D eigenvalue weighted by Crippen LogP contribution is 2.27. The van der Waals surface area contributed by atoms with Crippen LogP contribution in [0.15, 0.2) is 5.18 Å². The van der Waals surface area contributed by atoms with Crippen LogP contribution in [-0.2, 0) is 19.2 Å². The molecule has 0 atom stereocenters. The molecule has 1 aliphatic rings. The molecule has 3 N–H and O–H groups in total. The SMILES string of the molecule is CCCC1(N(CC(=O)O)CC(=O)N=O)CN(CC(=O)O)CCN(CC(=O)O)C1. The van der Waals surface area contributed by atoms with E-state index >= 15 is 0 Å². The number of carbonyl (C=O) groups is 4. The lowest BCUT2D eigenvalue weighted by molar-refractivity contribution is -0.144. The van der Waals surface area contributed by atoms with Gasteiger partial charge in [-0.25, -0.2) is 0 Å². The summed E-state index contributed by atoms with van der Waals surface area (Å²) < 4.78 is 0. The van der Waals surface area contributed by atoms with E-state index in [9.17, 15) is 29.2 Å². The number of aliphatic carboxylic acids is 3. The van der Waals surface area contributed by atoms with Crippen molar-refractivity contribution in [2.45, 2.75) is 25.3 Å². The molecule has 158 valence electrons. The van der Waals surface area contributed by atoms with Crippen molar-refractivity contribution in [3.63, 3.8) is 0 Å². The smallest absolute Gasteiger partial charge is 0.317 e. The zero-order valence-corrected chi connectivity index (χ0v) is 15.7. The van der Waals surface area contributed by atoms with Crippen LogP contribution >= 0.6 is 0 Å². The van der Waals surface area contributed by atoms with E-state index in [1.165, 1.54) is 4.90 Å². The second-order valence-electron chi connectivity index (χ2n) is 6.92. The topological polar surface area (TPSA) is 168 Å². The van der Waals surface area contributed by atoms with Crippen LogP contribution in [0.2, 0.25) is 0 Å². The third kappa shape index (κ3) is 7.29. The quantitative estimate of drug-likeness (QED) is 0.362. The average molecular weight is 402 g/mol. The lowest BCUT2D eigenvalue weighted by Crippen LogP contribution is -2.62. The highest BCUT2D eigenvalue weighted by atomic mass is 16.4. The molecule has 0 saturated carbocycles. The molecule has 12 heteroatoms. The number of rotatable bonds is 11. The Bertz CT molecular complexity index is 585. The molecule has 1 rings (SSSR count). The second kappa shape index (κ2) is 10.8. The fourth-order valence-corrected chi connectivity index (χ4v) is 3.70. The molecule has 0 bridgehead atoms. The second-order valence-corrected chi connectivity index (χ2v) is 6.92. The molecule has 12 nitrogen and oxygen atoms in total. The number of nitroso groups, excluding NO2 is 1. The summed E-state index contributed by atoms with van der Waals surface area (Å²) >= 11 is 0. The van der Waals surface area contributed by atoms with Gasteiger partial charge in [0.05, 0.1) is 26.2 Å². The average Bonchev–Trinajstić information content (AvgIpc) is 2.73. The van der Waals surface area contributed by atoms with Crippen LogP contribution in [0.5, 0.6) is 0 Å². The molecule has 0 aromatic carbocycles. The lowest BCUT2D eigenvalue weighted by Gasteiger charge is -2.45. The molecule has 1 heterocycles. The van der Waals surface area contributed by atoms with Gasteiger partial charge in [0, 0.05) is 36.9 Å². The lowest BCUT2D eigenvalue weighted by atomic mass is 9.89. The minimum atomic E-state index is -1.23. The Morgan fingerprint density at radius 2 is 1.43 bits per heavy atom. The Kier molecular flexibility index (Phi) is 9.09. The normalized spacial score (nSPS) is 17.8. The van der Waals surface area contributed by atoms with Gasteiger partial charge in [-0.3, -0.25) is 33.9 Å². The zero-order chi connectivity index (χ0) is 21.3. The van der Waals surface area contributed by atoms with Gasteiger partial charge >= 0.3 is 17.9 Å². The van der Waals surface area contributed by atoms with Crippen LogP contribution < -0.4 is 0 Å². The highest BCUT2D eigenvalue weighted by Gasteiger charge is 2.43. The monoisotopic (exact) mass is 402 g/mol. The van der Waals surface area contributed by atoms with E-state index in [1.807, 2.05) is 6.92 Å². The number of nitrogens with zero attached hydrogens (tertiary/aromatic N) is 4. The van der Waals surface area contributed by atoms with Crippen LogP contribution in [0.25, 0.3) is 0 Å². The van der Waals surface area contributed by atoms with Crippen LogP contribution in [0.4, 0.5) is 0 Å². The molecule has 28 heavy (non-hydrogen) atoms. The molecule has 0 aromatic rings. The molecule has 1 aliphatic heterocycles. The first-order valence-electron chi connectivity index (χ1n) is 8.83. The van der Waals surface area contributed by atoms with Gasteiger partial charge in [-0.05, 0) is 6.42 Å². The van der Waals surface area contributed by atoms with Gasteiger partial charge in [-0.15, -0.1) is 4.91 Å². The first kappa shape index (κ1) is 23.6. The molecule has 1 amide bonds. The van der Waals surface area contributed by atoms with Gasteiger partial charge in [-0.2, -0.15) is 0 Å². The zero-order valence-electron chi connectivity index (χ0n) is 15.7. The summed E-state index contributed by atoms with van der Waals surface area (Å²) in [4.78, 5) is 60.6. The third-order valence-corrected chi connectivity index (χ3v) is 4.63.